The Labute approximate surface area is 94.8 Å². The number of hydrogen-bond donors (Lipinski definition) is 1. The number of halogens is 1. The molecule has 0 bridgehead atoms. The Balaban J connectivity index is 2.62. The molecule has 0 aliphatic carbocycles. The minimum atomic E-state index is -0.542. The van der Waals surface area contributed by atoms with Crippen LogP contribution in [0.25, 0.3) is 0 Å². The average Bonchev–Trinajstić information content (AvgIpc) is 2.45. The maximum absolute atomic E-state index is 9.71. The van der Waals surface area contributed by atoms with E-state index in [0.717, 1.165) is 16.9 Å². The average molecular weight is 227 g/mol. The van der Waals surface area contributed by atoms with Gasteiger partial charge in [0.25, 0.3) is 0 Å². The first kappa shape index (κ1) is 10.8. The van der Waals surface area contributed by atoms with Crippen molar-refractivity contribution in [2.75, 3.05) is 6.61 Å². The molecule has 2 rings (SSSR count). The van der Waals surface area contributed by atoms with Gasteiger partial charge in [-0.25, -0.2) is 0 Å². The van der Waals surface area contributed by atoms with Crippen molar-refractivity contribution in [1.29, 1.82) is 0 Å². The molecule has 1 aliphatic heterocycles. The molecule has 1 aromatic carbocycles. The van der Waals surface area contributed by atoms with E-state index in [1.807, 2.05) is 6.07 Å². The van der Waals surface area contributed by atoms with Gasteiger partial charge in [-0.15, -0.1) is 0 Å². The van der Waals surface area contributed by atoms with E-state index >= 15 is 0 Å². The van der Waals surface area contributed by atoms with Gasteiger partial charge in [0, 0.05) is 16.1 Å². The minimum absolute atomic E-state index is 0.0287. The lowest BCUT2D eigenvalue weighted by molar-refractivity contribution is 0.140. The molecule has 0 saturated heterocycles. The van der Waals surface area contributed by atoms with Gasteiger partial charge in [-0.05, 0) is 17.5 Å². The summed E-state index contributed by atoms with van der Waals surface area (Å²) < 4.78 is 5.51. The van der Waals surface area contributed by atoms with Crippen LogP contribution < -0.4 is 4.74 Å². The third-order valence-electron chi connectivity index (χ3n) is 2.63. The summed E-state index contributed by atoms with van der Waals surface area (Å²) in [6.45, 7) is 6.64. The Hall–Kier alpha value is -0.730. The van der Waals surface area contributed by atoms with Gasteiger partial charge >= 0.3 is 0 Å². The summed E-state index contributed by atoms with van der Waals surface area (Å²) in [5, 5.41) is 10.4. The SMILES string of the molecule is CC(C)(C)c1cc(Cl)cc2c1OCC2O. The summed E-state index contributed by atoms with van der Waals surface area (Å²) in [6, 6.07) is 3.70. The summed E-state index contributed by atoms with van der Waals surface area (Å²) in [6.07, 6.45) is -0.542. The van der Waals surface area contributed by atoms with E-state index in [9.17, 15) is 5.11 Å². The molecule has 1 aromatic rings. The largest absolute Gasteiger partial charge is 0.490 e. The monoisotopic (exact) mass is 226 g/mol. The van der Waals surface area contributed by atoms with Gasteiger partial charge in [-0.3, -0.25) is 0 Å². The second kappa shape index (κ2) is 3.39. The summed E-state index contributed by atoms with van der Waals surface area (Å²) in [7, 11) is 0. The van der Waals surface area contributed by atoms with Crippen molar-refractivity contribution in [1.82, 2.24) is 0 Å². The van der Waals surface area contributed by atoms with Crippen LogP contribution >= 0.6 is 11.6 Å². The zero-order chi connectivity index (χ0) is 11.2. The Kier molecular flexibility index (Phi) is 2.44. The Morgan fingerprint density at radius 2 is 2.07 bits per heavy atom. The van der Waals surface area contributed by atoms with Crippen LogP contribution in [0.4, 0.5) is 0 Å². The molecule has 1 unspecified atom stereocenters. The minimum Gasteiger partial charge on any atom is -0.490 e. The van der Waals surface area contributed by atoms with Crippen molar-refractivity contribution in [2.45, 2.75) is 32.3 Å². The molecule has 0 saturated carbocycles. The molecule has 1 heterocycles. The molecule has 1 N–H and O–H groups in total. The highest BCUT2D eigenvalue weighted by Gasteiger charge is 2.29. The molecule has 15 heavy (non-hydrogen) atoms. The van der Waals surface area contributed by atoms with Crippen molar-refractivity contribution < 1.29 is 9.84 Å². The van der Waals surface area contributed by atoms with E-state index in [1.165, 1.54) is 0 Å². The fourth-order valence-corrected chi connectivity index (χ4v) is 2.06. The normalized spacial score (nSPS) is 19.9. The number of benzene rings is 1. The number of fused-ring (bicyclic) bond motifs is 1. The fourth-order valence-electron chi connectivity index (χ4n) is 1.83. The van der Waals surface area contributed by atoms with Crippen molar-refractivity contribution in [3.8, 4) is 5.75 Å². The zero-order valence-electron chi connectivity index (χ0n) is 9.17. The van der Waals surface area contributed by atoms with E-state index in [-0.39, 0.29) is 5.41 Å². The summed E-state index contributed by atoms with van der Waals surface area (Å²) in [5.74, 6) is 0.805. The third kappa shape index (κ3) is 1.84. The maximum Gasteiger partial charge on any atom is 0.129 e. The first-order valence-electron chi connectivity index (χ1n) is 5.04. The topological polar surface area (TPSA) is 29.5 Å². The predicted molar refractivity (Wildman–Crippen MR) is 60.6 cm³/mol. The van der Waals surface area contributed by atoms with E-state index in [0.29, 0.717) is 11.6 Å². The fraction of sp³-hybridized carbons (Fsp3) is 0.500. The lowest BCUT2D eigenvalue weighted by Crippen LogP contribution is -2.12. The molecule has 82 valence electrons. The summed E-state index contributed by atoms with van der Waals surface area (Å²) >= 11 is 6.03. The molecule has 2 nitrogen and oxygen atoms in total. The van der Waals surface area contributed by atoms with Gasteiger partial charge in [0.1, 0.15) is 18.5 Å². The molecule has 0 fully saturated rings. The maximum atomic E-state index is 9.71. The van der Waals surface area contributed by atoms with Crippen molar-refractivity contribution in [3.05, 3.63) is 28.3 Å². The smallest absolute Gasteiger partial charge is 0.129 e. The lowest BCUT2D eigenvalue weighted by atomic mass is 9.85. The van der Waals surface area contributed by atoms with E-state index in [4.69, 9.17) is 16.3 Å². The second-order valence-corrected chi connectivity index (χ2v) is 5.38. The zero-order valence-corrected chi connectivity index (χ0v) is 9.93. The molecule has 0 radical (unpaired) electrons. The summed E-state index contributed by atoms with van der Waals surface area (Å²) in [4.78, 5) is 0. The van der Waals surface area contributed by atoms with Gasteiger partial charge in [-0.2, -0.15) is 0 Å². The Morgan fingerprint density at radius 3 is 2.67 bits per heavy atom. The van der Waals surface area contributed by atoms with Gasteiger partial charge in [0.15, 0.2) is 0 Å². The highest BCUT2D eigenvalue weighted by Crippen LogP contribution is 2.42. The van der Waals surface area contributed by atoms with Crippen molar-refractivity contribution in [3.63, 3.8) is 0 Å². The Bertz CT molecular complexity index is 393. The first-order chi connectivity index (χ1) is 6.89. The molecule has 0 amide bonds. The lowest BCUT2D eigenvalue weighted by Gasteiger charge is -2.22. The molecule has 0 spiro atoms. The van der Waals surface area contributed by atoms with E-state index in [2.05, 4.69) is 20.8 Å². The van der Waals surface area contributed by atoms with Crippen LogP contribution in [0.1, 0.15) is 38.0 Å². The van der Waals surface area contributed by atoms with Gasteiger partial charge in [0.2, 0.25) is 0 Å². The Morgan fingerprint density at radius 1 is 1.40 bits per heavy atom. The quantitative estimate of drug-likeness (QED) is 0.737. The second-order valence-electron chi connectivity index (χ2n) is 4.95. The van der Waals surface area contributed by atoms with Crippen LogP contribution in [0.3, 0.4) is 0 Å². The molecule has 3 heteroatoms. The number of aliphatic hydroxyl groups is 1. The predicted octanol–water partition coefficient (Wildman–Crippen LogP) is 3.06. The highest BCUT2D eigenvalue weighted by atomic mass is 35.5. The van der Waals surface area contributed by atoms with E-state index < -0.39 is 6.10 Å². The van der Waals surface area contributed by atoms with Crippen LogP contribution in [0.2, 0.25) is 5.02 Å². The highest BCUT2D eigenvalue weighted by molar-refractivity contribution is 6.30. The molecular weight excluding hydrogens is 212 g/mol. The van der Waals surface area contributed by atoms with Crippen LogP contribution in [-0.2, 0) is 5.41 Å². The number of hydrogen-bond acceptors (Lipinski definition) is 2. The van der Waals surface area contributed by atoms with Crippen molar-refractivity contribution >= 4 is 11.6 Å². The summed E-state index contributed by atoms with van der Waals surface area (Å²) in [5.41, 5.74) is 1.84. The van der Waals surface area contributed by atoms with E-state index in [1.54, 1.807) is 6.07 Å². The van der Waals surface area contributed by atoms with Gasteiger partial charge < -0.3 is 9.84 Å². The molecule has 0 aromatic heterocycles. The van der Waals surface area contributed by atoms with Crippen LogP contribution in [-0.4, -0.2) is 11.7 Å². The molecule has 1 aliphatic rings. The number of aliphatic hydroxyl groups excluding tert-OH is 1. The van der Waals surface area contributed by atoms with Crippen LogP contribution in [0, 0.1) is 0 Å². The third-order valence-corrected chi connectivity index (χ3v) is 2.85. The van der Waals surface area contributed by atoms with Gasteiger partial charge in [0.05, 0.1) is 0 Å². The number of rotatable bonds is 0. The van der Waals surface area contributed by atoms with Crippen LogP contribution in [0.15, 0.2) is 12.1 Å². The first-order valence-corrected chi connectivity index (χ1v) is 5.42. The number of ether oxygens (including phenoxy) is 1. The standard InChI is InChI=1S/C12H15ClO2/c1-12(2,3)9-5-7(13)4-8-10(14)6-15-11(8)9/h4-5,10,14H,6H2,1-3H3. The molecular formula is C12H15ClO2. The molecule has 1 atom stereocenters. The van der Waals surface area contributed by atoms with Crippen LogP contribution in [0.5, 0.6) is 5.75 Å². The van der Waals surface area contributed by atoms with Gasteiger partial charge in [-0.1, -0.05) is 32.4 Å². The van der Waals surface area contributed by atoms with Crippen molar-refractivity contribution in [2.24, 2.45) is 0 Å².